The van der Waals surface area contributed by atoms with Gasteiger partial charge in [-0.3, -0.25) is 14.9 Å². The second-order valence-electron chi connectivity index (χ2n) is 7.25. The first-order chi connectivity index (χ1) is 15.4. The molecule has 0 aliphatic carbocycles. The van der Waals surface area contributed by atoms with Crippen molar-refractivity contribution in [3.63, 3.8) is 0 Å². The Hall–Kier alpha value is -3.71. The van der Waals surface area contributed by atoms with Crippen LogP contribution in [0.4, 0.5) is 10.5 Å². The Labute approximate surface area is 193 Å². The molecule has 0 aromatic heterocycles. The van der Waals surface area contributed by atoms with Gasteiger partial charge in [-0.15, -0.1) is 0 Å². The van der Waals surface area contributed by atoms with Gasteiger partial charge in [-0.2, -0.15) is 0 Å². The lowest BCUT2D eigenvalue weighted by Crippen LogP contribution is -2.54. The van der Waals surface area contributed by atoms with Gasteiger partial charge in [0.15, 0.2) is 0 Å². The van der Waals surface area contributed by atoms with Crippen LogP contribution >= 0.6 is 15.9 Å². The summed E-state index contributed by atoms with van der Waals surface area (Å²) in [7, 11) is 0. The van der Waals surface area contributed by atoms with E-state index in [4.69, 9.17) is 4.74 Å². The molecular weight excluding hydrogens is 472 g/mol. The van der Waals surface area contributed by atoms with Gasteiger partial charge < -0.3 is 4.74 Å². The maximum absolute atomic E-state index is 13.1. The fraction of sp³-hybridized carbons (Fsp3) is 0.0800. The van der Waals surface area contributed by atoms with Crippen molar-refractivity contribution >= 4 is 45.5 Å². The standard InChI is InChI=1S/C25H19BrN2O4/c1-16-5-4-7-20(13-16)28-24(30)21(23(29)27-25(28)31)14-18-6-2-3-8-22(18)32-15-17-9-11-19(26)12-10-17/h2-14H,15H2,1H3,(H,27,29,31)/b21-14+. The number of hydrogen-bond acceptors (Lipinski definition) is 4. The van der Waals surface area contributed by atoms with Gasteiger partial charge in [0, 0.05) is 10.0 Å². The van der Waals surface area contributed by atoms with Gasteiger partial charge in [0.05, 0.1) is 5.69 Å². The van der Waals surface area contributed by atoms with Crippen LogP contribution in [0.5, 0.6) is 5.75 Å². The second-order valence-corrected chi connectivity index (χ2v) is 8.17. The van der Waals surface area contributed by atoms with Crippen LogP contribution in [0.25, 0.3) is 6.08 Å². The normalized spacial score (nSPS) is 15.1. The molecule has 3 aromatic carbocycles. The molecule has 1 heterocycles. The Balaban J connectivity index is 1.63. The summed E-state index contributed by atoms with van der Waals surface area (Å²) in [5, 5.41) is 2.24. The number of anilines is 1. The SMILES string of the molecule is Cc1cccc(N2C(=O)NC(=O)/C(=C\c3ccccc3OCc3ccc(Br)cc3)C2=O)c1. The van der Waals surface area contributed by atoms with E-state index >= 15 is 0 Å². The summed E-state index contributed by atoms with van der Waals surface area (Å²) in [5.41, 5.74) is 2.66. The van der Waals surface area contributed by atoms with E-state index in [0.29, 0.717) is 23.6 Å². The quantitative estimate of drug-likeness (QED) is 0.403. The van der Waals surface area contributed by atoms with Gasteiger partial charge in [0.2, 0.25) is 0 Å². The first-order valence-corrected chi connectivity index (χ1v) is 10.7. The van der Waals surface area contributed by atoms with Gasteiger partial charge in [-0.05, 0) is 54.5 Å². The molecule has 4 amide bonds. The molecule has 1 fully saturated rings. The molecule has 1 saturated heterocycles. The van der Waals surface area contributed by atoms with E-state index in [1.54, 1.807) is 36.4 Å². The Morgan fingerprint density at radius 1 is 0.969 bits per heavy atom. The number of rotatable bonds is 5. The van der Waals surface area contributed by atoms with E-state index < -0.39 is 17.8 Å². The Kier molecular flexibility index (Phi) is 6.18. The van der Waals surface area contributed by atoms with Crippen molar-refractivity contribution in [1.29, 1.82) is 0 Å². The summed E-state index contributed by atoms with van der Waals surface area (Å²) >= 11 is 3.40. The van der Waals surface area contributed by atoms with Crippen molar-refractivity contribution in [1.82, 2.24) is 5.32 Å². The summed E-state index contributed by atoms with van der Waals surface area (Å²) in [6, 6.07) is 21.0. The highest BCUT2D eigenvalue weighted by molar-refractivity contribution is 9.10. The highest BCUT2D eigenvalue weighted by Crippen LogP contribution is 2.26. The fourth-order valence-corrected chi connectivity index (χ4v) is 3.55. The minimum absolute atomic E-state index is 0.147. The number of urea groups is 1. The monoisotopic (exact) mass is 490 g/mol. The molecule has 7 heteroatoms. The van der Waals surface area contributed by atoms with E-state index in [-0.39, 0.29) is 5.57 Å². The van der Waals surface area contributed by atoms with E-state index in [1.807, 2.05) is 43.3 Å². The molecule has 3 aromatic rings. The third-order valence-electron chi connectivity index (χ3n) is 4.89. The van der Waals surface area contributed by atoms with Gasteiger partial charge in [0.1, 0.15) is 17.9 Å². The fourth-order valence-electron chi connectivity index (χ4n) is 3.29. The van der Waals surface area contributed by atoms with Crippen molar-refractivity contribution in [2.75, 3.05) is 4.90 Å². The molecule has 0 radical (unpaired) electrons. The van der Waals surface area contributed by atoms with E-state index in [1.165, 1.54) is 6.08 Å². The summed E-state index contributed by atoms with van der Waals surface area (Å²) in [6.45, 7) is 2.18. The lowest BCUT2D eigenvalue weighted by molar-refractivity contribution is -0.122. The number of ether oxygens (including phenoxy) is 1. The number of barbiturate groups is 1. The number of nitrogens with zero attached hydrogens (tertiary/aromatic N) is 1. The molecule has 160 valence electrons. The molecular formula is C25H19BrN2O4. The third-order valence-corrected chi connectivity index (χ3v) is 5.42. The lowest BCUT2D eigenvalue weighted by atomic mass is 10.1. The van der Waals surface area contributed by atoms with Crippen LogP contribution in [0.15, 0.2) is 82.8 Å². The molecule has 1 N–H and O–H groups in total. The number of halogens is 1. The predicted molar refractivity (Wildman–Crippen MR) is 125 cm³/mol. The first kappa shape index (κ1) is 21.5. The summed E-state index contributed by atoms with van der Waals surface area (Å²) in [4.78, 5) is 39.0. The highest BCUT2D eigenvalue weighted by Gasteiger charge is 2.37. The summed E-state index contributed by atoms with van der Waals surface area (Å²) in [6.07, 6.45) is 1.45. The minimum atomic E-state index is -0.775. The number of hydrogen-bond donors (Lipinski definition) is 1. The van der Waals surface area contributed by atoms with Crippen molar-refractivity contribution in [3.8, 4) is 5.75 Å². The Morgan fingerprint density at radius 3 is 2.47 bits per heavy atom. The maximum Gasteiger partial charge on any atom is 0.335 e. The number of carbonyl (C=O) groups excluding carboxylic acids is 3. The molecule has 1 aliphatic heterocycles. The minimum Gasteiger partial charge on any atom is -0.488 e. The lowest BCUT2D eigenvalue weighted by Gasteiger charge is -2.26. The highest BCUT2D eigenvalue weighted by atomic mass is 79.9. The van der Waals surface area contributed by atoms with Crippen LogP contribution in [0.1, 0.15) is 16.7 Å². The van der Waals surface area contributed by atoms with Crippen LogP contribution < -0.4 is 15.0 Å². The zero-order valence-corrected chi connectivity index (χ0v) is 18.8. The third kappa shape index (κ3) is 4.63. The largest absolute Gasteiger partial charge is 0.488 e. The van der Waals surface area contributed by atoms with E-state index in [2.05, 4.69) is 21.2 Å². The van der Waals surface area contributed by atoms with Crippen LogP contribution in [0.2, 0.25) is 0 Å². The zero-order valence-electron chi connectivity index (χ0n) is 17.2. The second kappa shape index (κ2) is 9.20. The van der Waals surface area contributed by atoms with Crippen molar-refractivity contribution < 1.29 is 19.1 Å². The van der Waals surface area contributed by atoms with Gasteiger partial charge in [0.25, 0.3) is 11.8 Å². The van der Waals surface area contributed by atoms with Crippen LogP contribution in [0, 0.1) is 6.92 Å². The average Bonchev–Trinajstić information content (AvgIpc) is 2.77. The van der Waals surface area contributed by atoms with Gasteiger partial charge in [-0.1, -0.05) is 58.4 Å². The van der Waals surface area contributed by atoms with Gasteiger partial charge in [-0.25, -0.2) is 9.69 Å². The topological polar surface area (TPSA) is 75.7 Å². The van der Waals surface area contributed by atoms with Crippen LogP contribution in [-0.4, -0.2) is 17.8 Å². The summed E-state index contributed by atoms with van der Waals surface area (Å²) < 4.78 is 6.91. The smallest absolute Gasteiger partial charge is 0.335 e. The van der Waals surface area contributed by atoms with Gasteiger partial charge >= 0.3 is 6.03 Å². The van der Waals surface area contributed by atoms with Crippen LogP contribution in [-0.2, 0) is 16.2 Å². The molecule has 6 nitrogen and oxygen atoms in total. The number of nitrogens with one attached hydrogen (secondary N) is 1. The molecule has 0 bridgehead atoms. The number of para-hydroxylation sites is 1. The molecule has 0 spiro atoms. The number of benzene rings is 3. The number of imide groups is 2. The Morgan fingerprint density at radius 2 is 1.72 bits per heavy atom. The number of amides is 4. The average molecular weight is 491 g/mol. The maximum atomic E-state index is 13.1. The number of carbonyl (C=O) groups is 3. The number of aryl methyl sites for hydroxylation is 1. The van der Waals surface area contributed by atoms with Crippen molar-refractivity contribution in [2.24, 2.45) is 0 Å². The molecule has 1 aliphatic rings. The van der Waals surface area contributed by atoms with E-state index in [9.17, 15) is 14.4 Å². The van der Waals surface area contributed by atoms with E-state index in [0.717, 1.165) is 20.5 Å². The van der Waals surface area contributed by atoms with Crippen LogP contribution in [0.3, 0.4) is 0 Å². The van der Waals surface area contributed by atoms with Crippen molar-refractivity contribution in [2.45, 2.75) is 13.5 Å². The molecule has 32 heavy (non-hydrogen) atoms. The Bertz CT molecular complexity index is 1230. The van der Waals surface area contributed by atoms with Crippen molar-refractivity contribution in [3.05, 3.63) is 99.5 Å². The molecule has 0 atom stereocenters. The summed E-state index contributed by atoms with van der Waals surface area (Å²) in [5.74, 6) is -0.916. The predicted octanol–water partition coefficient (Wildman–Crippen LogP) is 5.00. The first-order valence-electron chi connectivity index (χ1n) is 9.87. The molecule has 0 unspecified atom stereocenters. The molecule has 0 saturated carbocycles. The zero-order chi connectivity index (χ0) is 22.7. The molecule has 4 rings (SSSR count).